The third kappa shape index (κ3) is 5.73. The number of halogens is 4. The van der Waals surface area contributed by atoms with E-state index in [1.54, 1.807) is 18.7 Å². The standard InChI is InChI=1S/C31H31ClF3N9O4/c1-4-19-26(42-9-10-43(21-8-7-20(21)42)30(48)25-27(46)15(2)38-14-39-25)28(47)24-29(37-12-22(36-3)41-24)44(19)13-23(45)40-18-6-5-16(11-17(18)32)31(33,34)35/h5-6,11-12,14,20-21,46H,4,7-10,13H2,1-3H3,(H,36,41)(H,40,45)/t20-,21-/m0/s1/i3D3/hD. The summed E-state index contributed by atoms with van der Waals surface area (Å²) in [5, 5.41) is 12.8. The molecule has 1 saturated carbocycles. The van der Waals surface area contributed by atoms with Crippen molar-refractivity contribution < 1.29 is 33.4 Å². The van der Waals surface area contributed by atoms with Crippen LogP contribution >= 0.6 is 11.6 Å². The maximum absolute atomic E-state index is 14.4. The van der Waals surface area contributed by atoms with E-state index in [4.69, 9.17) is 17.1 Å². The minimum absolute atomic E-state index is 0.0952. The maximum atomic E-state index is 14.4. The quantitative estimate of drug-likeness (QED) is 0.259. The highest BCUT2D eigenvalue weighted by atomic mass is 35.5. The number of nitrogens with zero attached hydrogens (tertiary/aromatic N) is 7. The molecule has 2 atom stereocenters. The summed E-state index contributed by atoms with van der Waals surface area (Å²) in [5.41, 5.74) is -1.61. The van der Waals surface area contributed by atoms with Crippen LogP contribution in [-0.4, -0.2) is 78.5 Å². The van der Waals surface area contributed by atoms with E-state index < -0.39 is 48.3 Å². The van der Waals surface area contributed by atoms with E-state index in [2.05, 4.69) is 25.3 Å². The van der Waals surface area contributed by atoms with Crippen molar-refractivity contribution in [2.75, 3.05) is 35.6 Å². The number of carbonyl (C=O) groups is 2. The molecule has 3 aromatic heterocycles. The van der Waals surface area contributed by atoms with Gasteiger partial charge in [-0.15, -0.1) is 0 Å². The zero-order valence-electron chi connectivity index (χ0n) is 29.5. The van der Waals surface area contributed by atoms with Crippen molar-refractivity contribution in [3.8, 4) is 5.75 Å². The lowest BCUT2D eigenvalue weighted by Gasteiger charge is -2.54. The second-order valence-electron chi connectivity index (χ2n) is 11.4. The third-order valence-electron chi connectivity index (χ3n) is 8.69. The molecule has 0 spiro atoms. The van der Waals surface area contributed by atoms with Gasteiger partial charge in [0.15, 0.2) is 24.0 Å². The lowest BCUT2D eigenvalue weighted by atomic mass is 9.81. The monoisotopic (exact) mass is 689 g/mol. The molecule has 17 heteroatoms. The van der Waals surface area contributed by atoms with Gasteiger partial charge in [-0.3, -0.25) is 14.4 Å². The van der Waals surface area contributed by atoms with E-state index in [1.165, 1.54) is 10.9 Å². The Morgan fingerprint density at radius 1 is 1.19 bits per heavy atom. The lowest BCUT2D eigenvalue weighted by Crippen LogP contribution is -2.67. The molecule has 0 bridgehead atoms. The summed E-state index contributed by atoms with van der Waals surface area (Å²) < 4.78 is 72.0. The van der Waals surface area contributed by atoms with Gasteiger partial charge in [0.25, 0.3) is 5.91 Å². The van der Waals surface area contributed by atoms with Gasteiger partial charge in [0, 0.05) is 35.9 Å². The molecule has 2 fully saturated rings. The first-order valence-electron chi connectivity index (χ1n) is 16.8. The third-order valence-corrected chi connectivity index (χ3v) is 9.00. The van der Waals surface area contributed by atoms with Gasteiger partial charge in [0.2, 0.25) is 11.3 Å². The zero-order valence-corrected chi connectivity index (χ0v) is 26.3. The molecular formula is C31H31ClF3N9O4. The summed E-state index contributed by atoms with van der Waals surface area (Å²) in [6.45, 7) is 0.0896. The molecule has 1 saturated heterocycles. The Hall–Kier alpha value is -4.99. The fourth-order valence-electron chi connectivity index (χ4n) is 6.26. The van der Waals surface area contributed by atoms with E-state index in [9.17, 15) is 32.7 Å². The van der Waals surface area contributed by atoms with Crippen molar-refractivity contribution in [1.82, 2.24) is 29.4 Å². The van der Waals surface area contributed by atoms with Crippen LogP contribution in [0.25, 0.3) is 11.2 Å². The summed E-state index contributed by atoms with van der Waals surface area (Å²) >= 11 is 6.08. The first kappa shape index (κ1) is 28.1. The van der Waals surface area contributed by atoms with Crippen LogP contribution in [0.4, 0.5) is 30.4 Å². The molecule has 3 N–H and O–H groups in total. The Labute approximate surface area is 282 Å². The summed E-state index contributed by atoms with van der Waals surface area (Å²) in [7, 11) is 0. The smallest absolute Gasteiger partial charge is 0.416 e. The predicted octanol–water partition coefficient (Wildman–Crippen LogP) is 4.00. The number of rotatable bonds is 7. The summed E-state index contributed by atoms with van der Waals surface area (Å²) in [5.74, 6) is -2.02. The molecule has 2 amide bonds. The van der Waals surface area contributed by atoms with Crippen LogP contribution in [0.3, 0.4) is 0 Å². The Morgan fingerprint density at radius 2 is 1.96 bits per heavy atom. The van der Waals surface area contributed by atoms with Gasteiger partial charge in [-0.1, -0.05) is 18.5 Å². The number of alkyl halides is 3. The lowest BCUT2D eigenvalue weighted by molar-refractivity contribution is -0.137. The van der Waals surface area contributed by atoms with Gasteiger partial charge in [-0.25, -0.2) is 19.9 Å². The van der Waals surface area contributed by atoms with E-state index in [0.29, 0.717) is 24.6 Å². The number of nitrogens with one attached hydrogen (secondary N) is 2. The van der Waals surface area contributed by atoms with Crippen LogP contribution in [0.1, 0.15) is 51.3 Å². The van der Waals surface area contributed by atoms with Crippen molar-refractivity contribution in [3.05, 3.63) is 68.6 Å². The Balaban J connectivity index is 1.41. The zero-order chi connectivity index (χ0) is 37.9. The van der Waals surface area contributed by atoms with Crippen LogP contribution in [0.15, 0.2) is 35.5 Å². The topological polar surface area (TPSA) is 158 Å². The molecule has 48 heavy (non-hydrogen) atoms. The largest absolute Gasteiger partial charge is 0.504 e. The predicted molar refractivity (Wildman–Crippen MR) is 171 cm³/mol. The van der Waals surface area contributed by atoms with Crippen LogP contribution in [-0.2, 0) is 23.9 Å². The van der Waals surface area contributed by atoms with Gasteiger partial charge in [-0.05, 0) is 44.4 Å². The second kappa shape index (κ2) is 12.6. The van der Waals surface area contributed by atoms with Crippen LogP contribution < -0.4 is 21.0 Å². The molecule has 6 rings (SSSR count). The molecule has 2 aliphatic rings. The summed E-state index contributed by atoms with van der Waals surface area (Å²) in [4.78, 5) is 61.3. The van der Waals surface area contributed by atoms with Gasteiger partial charge in [0.05, 0.1) is 34.2 Å². The fraction of sp³-hybridized carbons (Fsp3) is 0.387. The van der Waals surface area contributed by atoms with E-state index in [-0.39, 0.29) is 81.6 Å². The van der Waals surface area contributed by atoms with Crippen molar-refractivity contribution in [1.29, 1.82) is 0 Å². The number of aromatic nitrogens is 5. The number of hydrogen-bond acceptors (Lipinski definition) is 10. The SMILES string of the molecule is [2H]N(c1cnc2c(n1)c(=O)c(N1CCN(C(=O)c3ncnc(C)c3O)[C@H]3CC[C@@H]31)c(CC)n2CC(=O)Nc1ccc(C(F)(F)F)cc1Cl)C([2H])([2H])[2H]. The number of amides is 2. The normalized spacial score (nSPS) is 19.0. The number of benzene rings is 1. The Kier molecular flexibility index (Phi) is 7.34. The molecule has 13 nitrogen and oxygen atoms in total. The number of fused-ring (bicyclic) bond motifs is 2. The number of piperazine rings is 1. The first-order chi connectivity index (χ1) is 24.4. The molecule has 1 aliphatic heterocycles. The van der Waals surface area contributed by atoms with Crippen molar-refractivity contribution in [2.24, 2.45) is 0 Å². The minimum atomic E-state index is -4.66. The number of anilines is 3. The molecule has 0 unspecified atom stereocenters. The summed E-state index contributed by atoms with van der Waals surface area (Å²) in [6, 6.07) is 1.70. The van der Waals surface area contributed by atoms with Crippen LogP contribution in [0, 0.1) is 6.92 Å². The molecule has 4 aromatic rings. The Morgan fingerprint density at radius 3 is 2.62 bits per heavy atom. The second-order valence-corrected chi connectivity index (χ2v) is 11.8. The van der Waals surface area contributed by atoms with E-state index in [0.717, 1.165) is 18.3 Å². The number of aryl methyl sites for hydroxylation is 1. The highest BCUT2D eigenvalue weighted by molar-refractivity contribution is 6.33. The van der Waals surface area contributed by atoms with Crippen molar-refractivity contribution in [3.63, 3.8) is 0 Å². The molecule has 1 aliphatic carbocycles. The van der Waals surface area contributed by atoms with Gasteiger partial charge < -0.3 is 30.1 Å². The molecule has 1 aromatic carbocycles. The number of hydrogen-bond donors (Lipinski definition) is 3. The van der Waals surface area contributed by atoms with Crippen LogP contribution in [0.2, 0.25) is 6.43 Å². The summed E-state index contributed by atoms with van der Waals surface area (Å²) in [6.07, 6.45) is -1.16. The van der Waals surface area contributed by atoms with E-state index >= 15 is 0 Å². The maximum Gasteiger partial charge on any atom is 0.416 e. The number of carbonyl (C=O) groups excluding carboxylic acids is 2. The number of aromatic hydroxyl groups is 1. The first-order valence-corrected chi connectivity index (χ1v) is 15.3. The molecule has 0 radical (unpaired) electrons. The average molecular weight is 690 g/mol. The van der Waals surface area contributed by atoms with Gasteiger partial charge in [0.1, 0.15) is 24.4 Å². The molecule has 4 heterocycles. The van der Waals surface area contributed by atoms with E-state index in [1.807, 2.05) is 4.90 Å². The molecule has 252 valence electrons. The highest BCUT2D eigenvalue weighted by Gasteiger charge is 2.47. The average Bonchev–Trinajstić information content (AvgIpc) is 3.06. The molecular weight excluding hydrogens is 655 g/mol. The minimum Gasteiger partial charge on any atom is -0.504 e. The van der Waals surface area contributed by atoms with Gasteiger partial charge >= 0.3 is 6.18 Å². The highest BCUT2D eigenvalue weighted by Crippen LogP contribution is 2.39. The van der Waals surface area contributed by atoms with Crippen LogP contribution in [0.5, 0.6) is 5.75 Å². The van der Waals surface area contributed by atoms with Crippen molar-refractivity contribution in [2.45, 2.75) is 57.9 Å². The number of pyridine rings is 1. The fourth-order valence-corrected chi connectivity index (χ4v) is 6.48. The van der Waals surface area contributed by atoms with Gasteiger partial charge in [-0.2, -0.15) is 13.2 Å². The Bertz CT molecular complexity index is 2150. The van der Waals surface area contributed by atoms with Crippen molar-refractivity contribution >= 4 is 51.8 Å².